The summed E-state index contributed by atoms with van der Waals surface area (Å²) in [5.41, 5.74) is 1.99. The Hall–Kier alpha value is -2.97. The summed E-state index contributed by atoms with van der Waals surface area (Å²) in [7, 11) is 0. The lowest BCUT2D eigenvalue weighted by Gasteiger charge is -2.26. The Morgan fingerprint density at radius 3 is 2.71 bits per heavy atom. The van der Waals surface area contributed by atoms with Crippen molar-refractivity contribution in [1.82, 2.24) is 20.1 Å². The standard InChI is InChI=1S/C20H24N6O2/c27-20(13-15-14-22-17-4-2-1-3-16(15)17)23-19-6-5-18(24-25-19)21-7-8-26-9-11-28-12-10-26/h1-6,14,22H,7-13H2,(H,21,24)(H,23,25,27). The summed E-state index contributed by atoms with van der Waals surface area (Å²) in [6.45, 7) is 5.26. The molecule has 4 rings (SSSR count). The number of benzene rings is 1. The highest BCUT2D eigenvalue weighted by Gasteiger charge is 2.11. The van der Waals surface area contributed by atoms with E-state index in [1.54, 1.807) is 6.07 Å². The summed E-state index contributed by atoms with van der Waals surface area (Å²) >= 11 is 0. The van der Waals surface area contributed by atoms with E-state index in [1.165, 1.54) is 0 Å². The quantitative estimate of drug-likeness (QED) is 0.579. The van der Waals surface area contributed by atoms with Crippen molar-refractivity contribution in [2.24, 2.45) is 0 Å². The van der Waals surface area contributed by atoms with Crippen LogP contribution in [0, 0.1) is 0 Å². The van der Waals surface area contributed by atoms with Crippen molar-refractivity contribution in [3.63, 3.8) is 0 Å². The second kappa shape index (κ2) is 8.81. The molecule has 0 spiro atoms. The zero-order valence-electron chi connectivity index (χ0n) is 15.6. The number of aromatic nitrogens is 3. The molecule has 0 unspecified atom stereocenters. The minimum Gasteiger partial charge on any atom is -0.379 e. The van der Waals surface area contributed by atoms with E-state index in [2.05, 4.69) is 30.7 Å². The summed E-state index contributed by atoms with van der Waals surface area (Å²) in [6, 6.07) is 11.5. The highest BCUT2D eigenvalue weighted by Crippen LogP contribution is 2.18. The molecule has 3 aromatic rings. The lowest BCUT2D eigenvalue weighted by Crippen LogP contribution is -2.39. The Morgan fingerprint density at radius 1 is 1.11 bits per heavy atom. The molecule has 3 heterocycles. The number of nitrogens with one attached hydrogen (secondary N) is 3. The van der Waals surface area contributed by atoms with E-state index < -0.39 is 0 Å². The molecule has 1 fully saturated rings. The number of fused-ring (bicyclic) bond motifs is 1. The Kier molecular flexibility index (Phi) is 5.79. The molecule has 0 atom stereocenters. The molecule has 8 heteroatoms. The highest BCUT2D eigenvalue weighted by atomic mass is 16.5. The minimum absolute atomic E-state index is 0.118. The summed E-state index contributed by atoms with van der Waals surface area (Å²) in [4.78, 5) is 17.9. The smallest absolute Gasteiger partial charge is 0.230 e. The number of carbonyl (C=O) groups is 1. The van der Waals surface area contributed by atoms with Crippen LogP contribution in [-0.4, -0.2) is 65.4 Å². The van der Waals surface area contributed by atoms with Crippen molar-refractivity contribution in [2.45, 2.75) is 6.42 Å². The second-order valence-electron chi connectivity index (χ2n) is 6.77. The first-order valence-electron chi connectivity index (χ1n) is 9.50. The van der Waals surface area contributed by atoms with E-state index in [0.29, 0.717) is 11.6 Å². The van der Waals surface area contributed by atoms with Gasteiger partial charge in [0.25, 0.3) is 0 Å². The van der Waals surface area contributed by atoms with Crippen LogP contribution < -0.4 is 10.6 Å². The lowest BCUT2D eigenvalue weighted by atomic mass is 10.1. The highest BCUT2D eigenvalue weighted by molar-refractivity contribution is 5.95. The number of ether oxygens (including phenoxy) is 1. The average Bonchev–Trinajstić information content (AvgIpc) is 3.13. The van der Waals surface area contributed by atoms with Crippen molar-refractivity contribution in [2.75, 3.05) is 50.0 Å². The van der Waals surface area contributed by atoms with Gasteiger partial charge in [0, 0.05) is 43.3 Å². The van der Waals surface area contributed by atoms with E-state index in [1.807, 2.05) is 36.5 Å². The van der Waals surface area contributed by atoms with Crippen LogP contribution in [0.4, 0.5) is 11.6 Å². The monoisotopic (exact) mass is 380 g/mol. The summed E-state index contributed by atoms with van der Waals surface area (Å²) in [6.07, 6.45) is 2.16. The fourth-order valence-electron chi connectivity index (χ4n) is 3.30. The van der Waals surface area contributed by atoms with Gasteiger partial charge in [-0.2, -0.15) is 0 Å². The van der Waals surface area contributed by atoms with Gasteiger partial charge in [-0.05, 0) is 23.8 Å². The van der Waals surface area contributed by atoms with Crippen molar-refractivity contribution < 1.29 is 9.53 Å². The van der Waals surface area contributed by atoms with E-state index in [9.17, 15) is 4.79 Å². The molecule has 1 amide bonds. The number of amides is 1. The van der Waals surface area contributed by atoms with E-state index in [-0.39, 0.29) is 12.3 Å². The zero-order chi connectivity index (χ0) is 19.2. The van der Waals surface area contributed by atoms with Gasteiger partial charge in [-0.25, -0.2) is 0 Å². The normalized spacial score (nSPS) is 14.9. The van der Waals surface area contributed by atoms with Crippen LogP contribution in [0.2, 0.25) is 0 Å². The maximum Gasteiger partial charge on any atom is 0.230 e. The van der Waals surface area contributed by atoms with Gasteiger partial charge in [0.1, 0.15) is 5.82 Å². The van der Waals surface area contributed by atoms with Crippen LogP contribution in [-0.2, 0) is 16.0 Å². The Balaban J connectivity index is 1.26. The molecule has 2 aromatic heterocycles. The van der Waals surface area contributed by atoms with Gasteiger partial charge in [0.05, 0.1) is 19.6 Å². The van der Waals surface area contributed by atoms with Crippen LogP contribution in [0.25, 0.3) is 10.9 Å². The zero-order valence-corrected chi connectivity index (χ0v) is 15.6. The molecule has 1 aliphatic rings. The third-order valence-electron chi connectivity index (χ3n) is 4.80. The molecular formula is C20H24N6O2. The molecule has 146 valence electrons. The number of H-pyrrole nitrogens is 1. The topological polar surface area (TPSA) is 95.2 Å². The molecule has 1 saturated heterocycles. The van der Waals surface area contributed by atoms with Crippen LogP contribution in [0.15, 0.2) is 42.6 Å². The maximum absolute atomic E-state index is 12.3. The number of rotatable bonds is 7. The second-order valence-corrected chi connectivity index (χ2v) is 6.77. The van der Waals surface area contributed by atoms with Crippen molar-refractivity contribution in [3.8, 4) is 0 Å². The lowest BCUT2D eigenvalue weighted by molar-refractivity contribution is -0.115. The predicted molar refractivity (Wildman–Crippen MR) is 108 cm³/mol. The molecule has 1 aliphatic heterocycles. The fourth-order valence-corrected chi connectivity index (χ4v) is 3.30. The number of hydrogen-bond donors (Lipinski definition) is 3. The number of nitrogens with zero attached hydrogens (tertiary/aromatic N) is 3. The molecule has 28 heavy (non-hydrogen) atoms. The van der Waals surface area contributed by atoms with Crippen LogP contribution in [0.5, 0.6) is 0 Å². The predicted octanol–water partition coefficient (Wildman–Crippen LogP) is 1.88. The number of carbonyl (C=O) groups excluding carboxylic acids is 1. The first kappa shape index (κ1) is 18.4. The van der Waals surface area contributed by atoms with E-state index in [4.69, 9.17) is 4.74 Å². The molecule has 0 saturated carbocycles. The largest absolute Gasteiger partial charge is 0.379 e. The molecule has 0 aliphatic carbocycles. The summed E-state index contributed by atoms with van der Waals surface area (Å²) in [5.74, 6) is 1.03. The third kappa shape index (κ3) is 4.65. The number of para-hydroxylation sites is 1. The first-order valence-corrected chi connectivity index (χ1v) is 9.50. The molecular weight excluding hydrogens is 356 g/mol. The maximum atomic E-state index is 12.3. The van der Waals surface area contributed by atoms with Gasteiger partial charge in [-0.15, -0.1) is 10.2 Å². The van der Waals surface area contributed by atoms with Crippen molar-refractivity contribution in [3.05, 3.63) is 48.2 Å². The Morgan fingerprint density at radius 2 is 1.89 bits per heavy atom. The van der Waals surface area contributed by atoms with Gasteiger partial charge in [-0.1, -0.05) is 18.2 Å². The average molecular weight is 380 g/mol. The molecule has 0 radical (unpaired) electrons. The summed E-state index contributed by atoms with van der Waals surface area (Å²) < 4.78 is 5.34. The van der Waals surface area contributed by atoms with Crippen molar-refractivity contribution in [1.29, 1.82) is 0 Å². The van der Waals surface area contributed by atoms with Gasteiger partial charge < -0.3 is 20.4 Å². The molecule has 8 nitrogen and oxygen atoms in total. The third-order valence-corrected chi connectivity index (χ3v) is 4.80. The number of anilines is 2. The van der Waals surface area contributed by atoms with Crippen LogP contribution in [0.3, 0.4) is 0 Å². The SMILES string of the molecule is O=C(Cc1c[nH]c2ccccc12)Nc1ccc(NCCN2CCOCC2)nn1. The van der Waals surface area contributed by atoms with Gasteiger partial charge in [0.2, 0.25) is 5.91 Å². The first-order chi connectivity index (χ1) is 13.8. The Labute approximate surface area is 163 Å². The van der Waals surface area contributed by atoms with Gasteiger partial charge in [-0.3, -0.25) is 9.69 Å². The van der Waals surface area contributed by atoms with Crippen molar-refractivity contribution >= 4 is 28.4 Å². The minimum atomic E-state index is -0.118. The molecule has 3 N–H and O–H groups in total. The molecule has 1 aromatic carbocycles. The van der Waals surface area contributed by atoms with E-state index in [0.717, 1.165) is 55.9 Å². The van der Waals surface area contributed by atoms with Gasteiger partial charge in [0.15, 0.2) is 5.82 Å². The van der Waals surface area contributed by atoms with E-state index >= 15 is 0 Å². The number of morpholine rings is 1. The number of hydrogen-bond acceptors (Lipinski definition) is 6. The molecule has 0 bridgehead atoms. The fraction of sp³-hybridized carbons (Fsp3) is 0.350. The summed E-state index contributed by atoms with van der Waals surface area (Å²) in [5, 5.41) is 15.3. The number of aromatic amines is 1. The van der Waals surface area contributed by atoms with Gasteiger partial charge >= 0.3 is 0 Å². The van der Waals surface area contributed by atoms with Crippen LogP contribution >= 0.6 is 0 Å². The Bertz CT molecular complexity index is 918. The van der Waals surface area contributed by atoms with Crippen LogP contribution in [0.1, 0.15) is 5.56 Å².